The number of hydrogen-bond donors (Lipinski definition) is 2. The molecular weight excluding hydrogens is 384 g/mol. The van der Waals surface area contributed by atoms with Crippen LogP contribution in [0, 0.1) is 6.92 Å². The average Bonchev–Trinajstić information content (AvgIpc) is 3.43. The van der Waals surface area contributed by atoms with Gasteiger partial charge in [-0.3, -0.25) is 9.67 Å². The molecule has 0 atom stereocenters. The zero-order valence-corrected chi connectivity index (χ0v) is 17.4. The van der Waals surface area contributed by atoms with E-state index in [9.17, 15) is 5.11 Å². The number of aromatic amines is 1. The second kappa shape index (κ2) is 8.20. The number of benzene rings is 2. The lowest BCUT2D eigenvalue weighted by atomic mass is 10.0. The number of rotatable bonds is 6. The van der Waals surface area contributed by atoms with Gasteiger partial charge in [-0.25, -0.2) is 0 Å². The average molecular weight is 409 g/mol. The van der Waals surface area contributed by atoms with Crippen LogP contribution in [0.4, 0.5) is 0 Å². The van der Waals surface area contributed by atoms with E-state index >= 15 is 0 Å². The number of aliphatic hydroxyl groups excluding tert-OH is 1. The zero-order chi connectivity index (χ0) is 21.2. The SMILES string of the molecule is Cc1ccc(-c2nn(CCCO)cc2-c2ccnc3cc(-c4ccccc4)[nH]c23)cc1. The van der Waals surface area contributed by atoms with Gasteiger partial charge < -0.3 is 10.1 Å². The summed E-state index contributed by atoms with van der Waals surface area (Å²) >= 11 is 0. The van der Waals surface area contributed by atoms with Crippen LogP contribution in [-0.4, -0.2) is 31.5 Å². The molecule has 0 bridgehead atoms. The molecule has 5 rings (SSSR count). The van der Waals surface area contributed by atoms with Crippen LogP contribution >= 0.6 is 0 Å². The van der Waals surface area contributed by atoms with Crippen molar-refractivity contribution in [3.8, 4) is 33.6 Å². The van der Waals surface area contributed by atoms with Crippen LogP contribution in [0.25, 0.3) is 44.7 Å². The van der Waals surface area contributed by atoms with Gasteiger partial charge in [-0.1, -0.05) is 60.2 Å². The monoisotopic (exact) mass is 408 g/mol. The molecule has 5 heteroatoms. The molecule has 0 aliphatic heterocycles. The van der Waals surface area contributed by atoms with Crippen molar-refractivity contribution in [1.82, 2.24) is 19.7 Å². The summed E-state index contributed by atoms with van der Waals surface area (Å²) in [4.78, 5) is 8.17. The lowest BCUT2D eigenvalue weighted by Gasteiger charge is -2.05. The van der Waals surface area contributed by atoms with Gasteiger partial charge in [0.15, 0.2) is 0 Å². The summed E-state index contributed by atoms with van der Waals surface area (Å²) in [6, 6.07) is 22.8. The van der Waals surface area contributed by atoms with Crippen LogP contribution in [0.2, 0.25) is 0 Å². The fourth-order valence-electron chi connectivity index (χ4n) is 3.91. The summed E-state index contributed by atoms with van der Waals surface area (Å²) in [6.07, 6.45) is 4.59. The summed E-state index contributed by atoms with van der Waals surface area (Å²) < 4.78 is 1.92. The zero-order valence-electron chi connectivity index (χ0n) is 17.4. The Morgan fingerprint density at radius 1 is 0.935 bits per heavy atom. The van der Waals surface area contributed by atoms with Crippen molar-refractivity contribution in [3.63, 3.8) is 0 Å². The van der Waals surface area contributed by atoms with Crippen LogP contribution in [-0.2, 0) is 6.54 Å². The molecular formula is C26H24N4O. The Morgan fingerprint density at radius 2 is 1.74 bits per heavy atom. The van der Waals surface area contributed by atoms with Crippen molar-refractivity contribution in [1.29, 1.82) is 0 Å². The van der Waals surface area contributed by atoms with E-state index in [1.54, 1.807) is 0 Å². The van der Waals surface area contributed by atoms with Crippen molar-refractivity contribution < 1.29 is 5.11 Å². The smallest absolute Gasteiger partial charge is 0.100 e. The Balaban J connectivity index is 1.67. The van der Waals surface area contributed by atoms with Gasteiger partial charge in [0.05, 0.1) is 11.0 Å². The molecule has 5 aromatic rings. The first kappa shape index (κ1) is 19.3. The molecule has 0 saturated carbocycles. The van der Waals surface area contributed by atoms with E-state index in [1.807, 2.05) is 35.1 Å². The molecule has 0 fully saturated rings. The fraction of sp³-hybridized carbons (Fsp3) is 0.154. The van der Waals surface area contributed by atoms with E-state index in [1.165, 1.54) is 5.56 Å². The van der Waals surface area contributed by atoms with Gasteiger partial charge in [0.2, 0.25) is 0 Å². The first-order chi connectivity index (χ1) is 15.2. The molecule has 0 amide bonds. The minimum Gasteiger partial charge on any atom is -0.396 e. The van der Waals surface area contributed by atoms with Crippen LogP contribution in [0.3, 0.4) is 0 Å². The van der Waals surface area contributed by atoms with Crippen molar-refractivity contribution >= 4 is 11.0 Å². The van der Waals surface area contributed by atoms with E-state index in [-0.39, 0.29) is 6.61 Å². The highest BCUT2D eigenvalue weighted by atomic mass is 16.3. The molecule has 154 valence electrons. The molecule has 2 aromatic carbocycles. The second-order valence-electron chi connectivity index (χ2n) is 7.77. The Labute approximate surface area is 181 Å². The Kier molecular flexibility index (Phi) is 5.10. The number of aryl methyl sites for hydroxylation is 2. The minimum atomic E-state index is 0.144. The molecule has 0 aliphatic carbocycles. The third-order valence-electron chi connectivity index (χ3n) is 5.53. The lowest BCUT2D eigenvalue weighted by Crippen LogP contribution is -2.00. The molecule has 0 radical (unpaired) electrons. The standard InChI is InChI=1S/C26H24N4O/c1-18-8-10-20(11-9-18)25-22(17-30(29-25)14-5-15-31)21-12-13-27-24-16-23(28-26(21)24)19-6-3-2-4-7-19/h2-4,6-13,16-17,28,31H,5,14-15H2,1H3. The fourth-order valence-corrected chi connectivity index (χ4v) is 3.91. The number of hydrogen-bond acceptors (Lipinski definition) is 3. The molecule has 0 saturated heterocycles. The van der Waals surface area contributed by atoms with Crippen LogP contribution in [0.1, 0.15) is 12.0 Å². The van der Waals surface area contributed by atoms with E-state index < -0.39 is 0 Å². The van der Waals surface area contributed by atoms with E-state index in [4.69, 9.17) is 5.10 Å². The van der Waals surface area contributed by atoms with E-state index in [0.717, 1.165) is 44.7 Å². The molecule has 0 spiro atoms. The number of fused-ring (bicyclic) bond motifs is 1. The van der Waals surface area contributed by atoms with Crippen LogP contribution in [0.15, 0.2) is 79.1 Å². The van der Waals surface area contributed by atoms with Gasteiger partial charge in [-0.05, 0) is 31.0 Å². The summed E-state index contributed by atoms with van der Waals surface area (Å²) in [5, 5.41) is 14.1. The highest BCUT2D eigenvalue weighted by Gasteiger charge is 2.17. The predicted octanol–water partition coefficient (Wildman–Crippen LogP) is 5.45. The molecule has 0 unspecified atom stereocenters. The van der Waals surface area contributed by atoms with E-state index in [2.05, 4.69) is 65.6 Å². The second-order valence-corrected chi connectivity index (χ2v) is 7.77. The summed E-state index contributed by atoms with van der Waals surface area (Å²) in [5.41, 5.74) is 9.43. The van der Waals surface area contributed by atoms with Gasteiger partial charge in [-0.2, -0.15) is 5.10 Å². The van der Waals surface area contributed by atoms with Gasteiger partial charge in [0.25, 0.3) is 0 Å². The first-order valence-corrected chi connectivity index (χ1v) is 10.5. The Bertz CT molecular complexity index is 1320. The highest BCUT2D eigenvalue weighted by Crippen LogP contribution is 2.36. The maximum atomic E-state index is 9.27. The normalized spacial score (nSPS) is 11.3. The maximum Gasteiger partial charge on any atom is 0.100 e. The minimum absolute atomic E-state index is 0.144. The summed E-state index contributed by atoms with van der Waals surface area (Å²) in [5.74, 6) is 0. The number of aromatic nitrogens is 4. The molecule has 3 heterocycles. The summed E-state index contributed by atoms with van der Waals surface area (Å²) in [7, 11) is 0. The third-order valence-corrected chi connectivity index (χ3v) is 5.53. The Morgan fingerprint density at radius 3 is 2.52 bits per heavy atom. The number of nitrogens with zero attached hydrogens (tertiary/aromatic N) is 3. The first-order valence-electron chi connectivity index (χ1n) is 10.5. The number of nitrogens with one attached hydrogen (secondary N) is 1. The number of aliphatic hydroxyl groups is 1. The van der Waals surface area contributed by atoms with Crippen LogP contribution in [0.5, 0.6) is 0 Å². The van der Waals surface area contributed by atoms with Gasteiger partial charge in [-0.15, -0.1) is 0 Å². The van der Waals surface area contributed by atoms with Gasteiger partial charge in [0, 0.05) is 47.9 Å². The van der Waals surface area contributed by atoms with Crippen molar-refractivity contribution in [2.45, 2.75) is 19.9 Å². The summed E-state index contributed by atoms with van der Waals surface area (Å²) in [6.45, 7) is 2.90. The molecule has 0 aliphatic rings. The lowest BCUT2D eigenvalue weighted by molar-refractivity contribution is 0.277. The molecule has 3 aromatic heterocycles. The highest BCUT2D eigenvalue weighted by molar-refractivity contribution is 5.98. The molecule has 5 nitrogen and oxygen atoms in total. The number of pyridine rings is 1. The predicted molar refractivity (Wildman–Crippen MR) is 125 cm³/mol. The molecule has 2 N–H and O–H groups in total. The van der Waals surface area contributed by atoms with Gasteiger partial charge >= 0.3 is 0 Å². The van der Waals surface area contributed by atoms with Crippen LogP contribution < -0.4 is 0 Å². The largest absolute Gasteiger partial charge is 0.396 e. The molecule has 31 heavy (non-hydrogen) atoms. The van der Waals surface area contributed by atoms with Crippen molar-refractivity contribution in [2.75, 3.05) is 6.61 Å². The van der Waals surface area contributed by atoms with Crippen molar-refractivity contribution in [3.05, 3.63) is 84.7 Å². The van der Waals surface area contributed by atoms with E-state index in [0.29, 0.717) is 13.0 Å². The van der Waals surface area contributed by atoms with Gasteiger partial charge in [0.1, 0.15) is 5.69 Å². The third kappa shape index (κ3) is 3.76. The Hall–Kier alpha value is -3.70. The number of H-pyrrole nitrogens is 1. The maximum absolute atomic E-state index is 9.27. The topological polar surface area (TPSA) is 66.7 Å². The quantitative estimate of drug-likeness (QED) is 0.392. The van der Waals surface area contributed by atoms with Crippen molar-refractivity contribution in [2.24, 2.45) is 0 Å².